The molecule has 0 aromatic carbocycles. The van der Waals surface area contributed by atoms with Crippen molar-refractivity contribution in [2.24, 2.45) is 5.73 Å². The van der Waals surface area contributed by atoms with Gasteiger partial charge in [0, 0.05) is 25.8 Å². The van der Waals surface area contributed by atoms with E-state index >= 15 is 0 Å². The largest absolute Gasteiger partial charge is 0.388 e. The van der Waals surface area contributed by atoms with Crippen LogP contribution in [0.3, 0.4) is 0 Å². The van der Waals surface area contributed by atoms with E-state index in [2.05, 4.69) is 9.97 Å². The topological polar surface area (TPSA) is 75.3 Å². The molecule has 1 aliphatic heterocycles. The molecule has 1 amide bonds. The fourth-order valence-electron chi connectivity index (χ4n) is 2.19. The molecule has 7 heteroatoms. The van der Waals surface area contributed by atoms with Crippen molar-refractivity contribution in [2.75, 3.05) is 31.6 Å². The maximum atomic E-state index is 12.1. The summed E-state index contributed by atoms with van der Waals surface area (Å²) >= 11 is 4.94. The number of aromatic nitrogens is 2. The Morgan fingerprint density at radius 2 is 2.10 bits per heavy atom. The molecule has 0 spiro atoms. The predicted molar refractivity (Wildman–Crippen MR) is 81.7 cm³/mol. The molecule has 1 aromatic rings. The second kappa shape index (κ2) is 6.13. The minimum atomic E-state index is 0.104. The van der Waals surface area contributed by atoms with Crippen molar-refractivity contribution in [1.82, 2.24) is 14.9 Å². The van der Waals surface area contributed by atoms with Gasteiger partial charge in [0.25, 0.3) is 0 Å². The Balaban J connectivity index is 2.10. The zero-order valence-electron chi connectivity index (χ0n) is 11.8. The van der Waals surface area contributed by atoms with Crippen molar-refractivity contribution in [3.63, 3.8) is 0 Å². The lowest BCUT2D eigenvalue weighted by Gasteiger charge is -2.21. The van der Waals surface area contributed by atoms with Crippen LogP contribution in [-0.4, -0.2) is 52.4 Å². The third-order valence-electron chi connectivity index (χ3n) is 3.27. The number of amides is 1. The monoisotopic (exact) mass is 293 g/mol. The highest BCUT2D eigenvalue weighted by Crippen LogP contribution is 2.11. The highest BCUT2D eigenvalue weighted by Gasteiger charge is 2.20. The Morgan fingerprint density at radius 3 is 2.70 bits per heavy atom. The van der Waals surface area contributed by atoms with Crippen molar-refractivity contribution in [2.45, 2.75) is 19.8 Å². The lowest BCUT2D eigenvalue weighted by molar-refractivity contribution is -0.128. The van der Waals surface area contributed by atoms with Crippen LogP contribution in [0.2, 0.25) is 0 Å². The number of rotatable bonds is 4. The normalized spacial score (nSPS) is 14.4. The van der Waals surface area contributed by atoms with Crippen LogP contribution in [0, 0.1) is 6.92 Å². The number of hydrogen-bond acceptors (Lipinski definition) is 5. The Hall–Kier alpha value is -1.76. The van der Waals surface area contributed by atoms with E-state index < -0.39 is 0 Å². The summed E-state index contributed by atoms with van der Waals surface area (Å²) in [6.07, 6.45) is 2.17. The number of carbonyl (C=O) groups excluding carboxylic acids is 1. The lowest BCUT2D eigenvalue weighted by atomic mass is 10.3. The number of nitrogens with zero attached hydrogens (tertiary/aromatic N) is 4. The predicted octanol–water partition coefficient (Wildman–Crippen LogP) is 0.478. The zero-order valence-corrected chi connectivity index (χ0v) is 12.6. The summed E-state index contributed by atoms with van der Waals surface area (Å²) in [4.78, 5) is 24.6. The molecule has 1 aliphatic rings. The molecule has 0 bridgehead atoms. The van der Waals surface area contributed by atoms with Crippen LogP contribution in [0.15, 0.2) is 6.07 Å². The van der Waals surface area contributed by atoms with Gasteiger partial charge in [-0.3, -0.25) is 4.79 Å². The molecule has 2 N–H and O–H groups in total. The van der Waals surface area contributed by atoms with E-state index in [1.807, 2.05) is 11.8 Å². The molecule has 0 aliphatic carbocycles. The van der Waals surface area contributed by atoms with Crippen molar-refractivity contribution >= 4 is 29.1 Å². The summed E-state index contributed by atoms with van der Waals surface area (Å²) in [5.41, 5.74) is 6.91. The van der Waals surface area contributed by atoms with E-state index in [-0.39, 0.29) is 17.4 Å². The average Bonchev–Trinajstić information content (AvgIpc) is 2.91. The van der Waals surface area contributed by atoms with Crippen LogP contribution in [0.5, 0.6) is 0 Å². The van der Waals surface area contributed by atoms with Crippen LogP contribution in [0.1, 0.15) is 24.2 Å². The second-order valence-corrected chi connectivity index (χ2v) is 5.44. The molecule has 6 nitrogen and oxygen atoms in total. The molecule has 0 unspecified atom stereocenters. The fraction of sp³-hybridized carbons (Fsp3) is 0.538. The molecule has 1 fully saturated rings. The zero-order chi connectivity index (χ0) is 14.7. The quantitative estimate of drug-likeness (QED) is 0.814. The number of nitrogens with two attached hydrogens (primary N) is 1. The minimum absolute atomic E-state index is 0.104. The maximum Gasteiger partial charge on any atom is 0.242 e. The Labute approximate surface area is 124 Å². The van der Waals surface area contributed by atoms with E-state index in [0.29, 0.717) is 11.6 Å². The highest BCUT2D eigenvalue weighted by atomic mass is 32.1. The van der Waals surface area contributed by atoms with Gasteiger partial charge in [-0.05, 0) is 25.8 Å². The van der Waals surface area contributed by atoms with Crippen LogP contribution in [-0.2, 0) is 4.79 Å². The molecular weight excluding hydrogens is 274 g/mol. The Morgan fingerprint density at radius 1 is 1.45 bits per heavy atom. The van der Waals surface area contributed by atoms with E-state index in [0.717, 1.165) is 31.6 Å². The molecule has 0 saturated carbocycles. The Kier molecular flexibility index (Phi) is 4.49. The smallest absolute Gasteiger partial charge is 0.242 e. The van der Waals surface area contributed by atoms with Gasteiger partial charge < -0.3 is 15.5 Å². The first-order valence-corrected chi connectivity index (χ1v) is 7.02. The van der Waals surface area contributed by atoms with Gasteiger partial charge in [-0.15, -0.1) is 0 Å². The van der Waals surface area contributed by atoms with Crippen molar-refractivity contribution in [1.29, 1.82) is 0 Å². The summed E-state index contributed by atoms with van der Waals surface area (Å²) in [7, 11) is 1.80. The fourth-order valence-corrected chi connectivity index (χ4v) is 2.29. The van der Waals surface area contributed by atoms with Crippen LogP contribution in [0.25, 0.3) is 0 Å². The molecule has 2 heterocycles. The molecule has 0 atom stereocenters. The average molecular weight is 293 g/mol. The van der Waals surface area contributed by atoms with E-state index in [1.165, 1.54) is 0 Å². The molecule has 1 saturated heterocycles. The van der Waals surface area contributed by atoms with E-state index in [9.17, 15) is 4.79 Å². The first kappa shape index (κ1) is 14.6. The van der Waals surface area contributed by atoms with Gasteiger partial charge >= 0.3 is 0 Å². The lowest BCUT2D eigenvalue weighted by Crippen LogP contribution is -2.38. The summed E-state index contributed by atoms with van der Waals surface area (Å²) in [6, 6.07) is 1.74. The van der Waals surface area contributed by atoms with E-state index in [4.69, 9.17) is 18.0 Å². The van der Waals surface area contributed by atoms with Gasteiger partial charge in [0.15, 0.2) is 0 Å². The number of hydrogen-bond donors (Lipinski definition) is 1. The third kappa shape index (κ3) is 3.41. The number of likely N-dealkylation sites (tertiary alicyclic amines) is 1. The number of aryl methyl sites for hydroxylation is 1. The van der Waals surface area contributed by atoms with Crippen molar-refractivity contribution < 1.29 is 4.79 Å². The second-order valence-electron chi connectivity index (χ2n) is 5.00. The van der Waals surface area contributed by atoms with Crippen molar-refractivity contribution in [3.8, 4) is 0 Å². The van der Waals surface area contributed by atoms with Gasteiger partial charge in [-0.2, -0.15) is 0 Å². The summed E-state index contributed by atoms with van der Waals surface area (Å²) in [5.74, 6) is 0.576. The van der Waals surface area contributed by atoms with Crippen LogP contribution < -0.4 is 10.6 Å². The van der Waals surface area contributed by atoms with Crippen LogP contribution >= 0.6 is 12.2 Å². The number of likely N-dealkylation sites (N-methyl/N-ethyl adjacent to an activating group) is 1. The van der Waals surface area contributed by atoms with Gasteiger partial charge in [0.1, 0.15) is 10.7 Å². The number of carbonyl (C=O) groups is 1. The minimum Gasteiger partial charge on any atom is -0.388 e. The molecule has 2 rings (SSSR count). The SMILES string of the molecule is Cc1cc(C(N)=S)nc(N(C)CC(=O)N2CCCC2)n1. The summed E-state index contributed by atoms with van der Waals surface area (Å²) < 4.78 is 0. The maximum absolute atomic E-state index is 12.1. The summed E-state index contributed by atoms with van der Waals surface area (Å²) in [6.45, 7) is 3.81. The molecule has 20 heavy (non-hydrogen) atoms. The molecular formula is C13H19N5OS. The van der Waals surface area contributed by atoms with Gasteiger partial charge in [-0.25, -0.2) is 9.97 Å². The standard InChI is InChI=1S/C13H19N5OS/c1-9-7-10(12(14)20)16-13(15-9)17(2)8-11(19)18-5-3-4-6-18/h7H,3-6,8H2,1-2H3,(H2,14,20). The third-order valence-corrected chi connectivity index (χ3v) is 3.48. The number of thiocarbonyl (C=S) groups is 1. The van der Waals surface area contributed by atoms with Crippen molar-refractivity contribution in [3.05, 3.63) is 17.5 Å². The number of anilines is 1. The van der Waals surface area contributed by atoms with Gasteiger partial charge in [0.05, 0.1) is 6.54 Å². The molecule has 108 valence electrons. The Bertz CT molecular complexity index is 527. The van der Waals surface area contributed by atoms with Gasteiger partial charge in [0.2, 0.25) is 11.9 Å². The van der Waals surface area contributed by atoms with E-state index in [1.54, 1.807) is 18.0 Å². The molecule has 1 aromatic heterocycles. The molecule has 0 radical (unpaired) electrons. The highest BCUT2D eigenvalue weighted by molar-refractivity contribution is 7.80. The first-order valence-electron chi connectivity index (χ1n) is 6.62. The van der Waals surface area contributed by atoms with Gasteiger partial charge in [-0.1, -0.05) is 12.2 Å². The summed E-state index contributed by atoms with van der Waals surface area (Å²) in [5, 5.41) is 0. The first-order chi connectivity index (χ1) is 9.47. The van der Waals surface area contributed by atoms with Crippen LogP contribution in [0.4, 0.5) is 5.95 Å².